The number of esters is 1. The molecule has 0 amide bonds. The lowest BCUT2D eigenvalue weighted by molar-refractivity contribution is 0.0727. The zero-order chi connectivity index (χ0) is 16.9. The Balaban J connectivity index is 1.78. The number of para-hydroxylation sites is 1. The number of nitriles is 1. The molecule has 0 unspecified atom stereocenters. The molecule has 0 spiro atoms. The number of hydrogen-bond donors (Lipinski definition) is 0. The van der Waals surface area contributed by atoms with Gasteiger partial charge in [0.1, 0.15) is 5.75 Å². The Kier molecular flexibility index (Phi) is 4.34. The maximum absolute atomic E-state index is 12.3. The monoisotopic (exact) mass is 318 g/mol. The molecule has 6 heteroatoms. The Morgan fingerprint density at radius 3 is 2.50 bits per heavy atom. The predicted octanol–water partition coefficient (Wildman–Crippen LogP) is 2.86. The van der Waals surface area contributed by atoms with E-state index >= 15 is 0 Å². The lowest BCUT2D eigenvalue weighted by Crippen LogP contribution is -2.11. The van der Waals surface area contributed by atoms with E-state index in [-0.39, 0.29) is 5.69 Å². The van der Waals surface area contributed by atoms with Crippen LogP contribution in [-0.2, 0) is 6.42 Å². The van der Waals surface area contributed by atoms with E-state index in [4.69, 9.17) is 10.00 Å². The number of aromatic nitrogens is 3. The molecule has 3 aromatic rings. The number of carbonyl (C=O) groups excluding carboxylic acids is 1. The number of aryl methyl sites for hydroxylation is 1. The molecule has 0 N–H and O–H groups in total. The van der Waals surface area contributed by atoms with Crippen LogP contribution in [0.2, 0.25) is 0 Å². The topological polar surface area (TPSA) is 80.8 Å². The second kappa shape index (κ2) is 6.75. The van der Waals surface area contributed by atoms with Gasteiger partial charge in [-0.2, -0.15) is 15.2 Å². The molecule has 24 heavy (non-hydrogen) atoms. The van der Waals surface area contributed by atoms with Crippen LogP contribution in [0.3, 0.4) is 0 Å². The minimum atomic E-state index is -0.567. The number of ether oxygens (including phenoxy) is 1. The van der Waals surface area contributed by atoms with Gasteiger partial charge in [0.2, 0.25) is 0 Å². The van der Waals surface area contributed by atoms with Crippen LogP contribution in [0, 0.1) is 18.3 Å². The van der Waals surface area contributed by atoms with Crippen molar-refractivity contribution in [3.05, 3.63) is 71.5 Å². The fourth-order valence-corrected chi connectivity index (χ4v) is 2.17. The van der Waals surface area contributed by atoms with Gasteiger partial charge in [-0.05, 0) is 36.8 Å². The molecule has 1 aromatic heterocycles. The molecular formula is C18H14N4O2. The molecule has 1 heterocycles. The average Bonchev–Trinajstić information content (AvgIpc) is 3.00. The van der Waals surface area contributed by atoms with Crippen LogP contribution in [-0.4, -0.2) is 21.0 Å². The van der Waals surface area contributed by atoms with Gasteiger partial charge in [0.25, 0.3) is 0 Å². The summed E-state index contributed by atoms with van der Waals surface area (Å²) in [6.45, 7) is 1.71. The van der Waals surface area contributed by atoms with Crippen LogP contribution in [0.25, 0.3) is 5.69 Å². The average molecular weight is 318 g/mol. The van der Waals surface area contributed by atoms with Crippen molar-refractivity contribution < 1.29 is 9.53 Å². The van der Waals surface area contributed by atoms with Gasteiger partial charge < -0.3 is 4.74 Å². The second-order valence-electron chi connectivity index (χ2n) is 5.13. The summed E-state index contributed by atoms with van der Waals surface area (Å²) < 4.78 is 5.33. The maximum Gasteiger partial charge on any atom is 0.366 e. The summed E-state index contributed by atoms with van der Waals surface area (Å²) in [5, 5.41) is 17.1. The molecule has 0 saturated heterocycles. The number of hydrogen-bond acceptors (Lipinski definition) is 5. The van der Waals surface area contributed by atoms with Crippen molar-refractivity contribution in [2.75, 3.05) is 0 Å². The lowest BCUT2D eigenvalue weighted by Gasteiger charge is -2.03. The quantitative estimate of drug-likeness (QED) is 0.546. The van der Waals surface area contributed by atoms with E-state index in [1.54, 1.807) is 31.2 Å². The number of nitrogens with zero attached hydrogens (tertiary/aromatic N) is 4. The zero-order valence-electron chi connectivity index (χ0n) is 13.0. The van der Waals surface area contributed by atoms with Crippen LogP contribution in [0.5, 0.6) is 5.75 Å². The first-order valence-corrected chi connectivity index (χ1v) is 7.35. The van der Waals surface area contributed by atoms with E-state index in [0.717, 1.165) is 11.3 Å². The highest BCUT2D eigenvalue weighted by Crippen LogP contribution is 2.15. The third kappa shape index (κ3) is 3.31. The fraction of sp³-hybridized carbons (Fsp3) is 0.111. The van der Waals surface area contributed by atoms with E-state index < -0.39 is 5.97 Å². The molecule has 0 aliphatic heterocycles. The SMILES string of the molecule is Cc1nn(-c2ccccc2)nc1C(=O)Oc1ccc(CC#N)cc1. The molecular weight excluding hydrogens is 304 g/mol. The molecule has 0 bridgehead atoms. The second-order valence-corrected chi connectivity index (χ2v) is 5.13. The van der Waals surface area contributed by atoms with Gasteiger partial charge in [-0.1, -0.05) is 30.3 Å². The Morgan fingerprint density at radius 2 is 1.83 bits per heavy atom. The first-order valence-electron chi connectivity index (χ1n) is 7.35. The van der Waals surface area contributed by atoms with Crippen molar-refractivity contribution in [3.63, 3.8) is 0 Å². The molecule has 0 saturated carbocycles. The number of carbonyl (C=O) groups is 1. The highest BCUT2D eigenvalue weighted by atomic mass is 16.5. The highest BCUT2D eigenvalue weighted by Gasteiger charge is 2.18. The third-order valence-electron chi connectivity index (χ3n) is 3.38. The molecule has 6 nitrogen and oxygen atoms in total. The van der Waals surface area contributed by atoms with Gasteiger partial charge in [0.05, 0.1) is 23.9 Å². The highest BCUT2D eigenvalue weighted by molar-refractivity contribution is 5.90. The van der Waals surface area contributed by atoms with E-state index in [2.05, 4.69) is 16.3 Å². The molecule has 0 aliphatic carbocycles. The van der Waals surface area contributed by atoms with Gasteiger partial charge in [-0.15, -0.1) is 5.10 Å². The van der Waals surface area contributed by atoms with Crippen molar-refractivity contribution in [2.24, 2.45) is 0 Å². The van der Waals surface area contributed by atoms with E-state index in [1.807, 2.05) is 30.3 Å². The predicted molar refractivity (Wildman–Crippen MR) is 86.8 cm³/mol. The van der Waals surface area contributed by atoms with Crippen LogP contribution in [0.4, 0.5) is 0 Å². The lowest BCUT2D eigenvalue weighted by atomic mass is 10.2. The van der Waals surface area contributed by atoms with Crippen LogP contribution in [0.1, 0.15) is 21.7 Å². The van der Waals surface area contributed by atoms with Gasteiger partial charge in [0, 0.05) is 0 Å². The number of benzene rings is 2. The van der Waals surface area contributed by atoms with Crippen molar-refractivity contribution >= 4 is 5.97 Å². The summed E-state index contributed by atoms with van der Waals surface area (Å²) in [5.41, 5.74) is 2.29. The Hall–Kier alpha value is -3.46. The van der Waals surface area contributed by atoms with Gasteiger partial charge in [-0.3, -0.25) is 0 Å². The molecule has 118 valence electrons. The van der Waals surface area contributed by atoms with Gasteiger partial charge in [-0.25, -0.2) is 4.79 Å². The largest absolute Gasteiger partial charge is 0.422 e. The zero-order valence-corrected chi connectivity index (χ0v) is 13.0. The van der Waals surface area contributed by atoms with Crippen LogP contribution >= 0.6 is 0 Å². The smallest absolute Gasteiger partial charge is 0.366 e. The summed E-state index contributed by atoms with van der Waals surface area (Å²) in [4.78, 5) is 13.7. The van der Waals surface area contributed by atoms with Gasteiger partial charge >= 0.3 is 5.97 Å². The van der Waals surface area contributed by atoms with Crippen molar-refractivity contribution in [1.29, 1.82) is 5.26 Å². The first kappa shape index (κ1) is 15.4. The molecule has 0 aliphatic rings. The van der Waals surface area contributed by atoms with Crippen LogP contribution < -0.4 is 4.74 Å². The standard InChI is InChI=1S/C18H14N4O2/c1-13-17(21-22(20-13)15-5-3-2-4-6-15)18(23)24-16-9-7-14(8-10-16)11-12-19/h2-10H,11H2,1H3. The summed E-state index contributed by atoms with van der Waals surface area (Å²) >= 11 is 0. The van der Waals surface area contributed by atoms with Crippen molar-refractivity contribution in [3.8, 4) is 17.5 Å². The van der Waals surface area contributed by atoms with Crippen molar-refractivity contribution in [1.82, 2.24) is 15.0 Å². The van der Waals surface area contributed by atoms with E-state index in [0.29, 0.717) is 17.9 Å². The molecule has 0 atom stereocenters. The number of rotatable bonds is 4. The summed E-state index contributed by atoms with van der Waals surface area (Å²) in [5.74, 6) is -0.168. The normalized spacial score (nSPS) is 10.2. The van der Waals surface area contributed by atoms with E-state index in [1.165, 1.54) is 4.80 Å². The molecule has 3 rings (SSSR count). The fourth-order valence-electron chi connectivity index (χ4n) is 2.17. The van der Waals surface area contributed by atoms with Crippen LogP contribution in [0.15, 0.2) is 54.6 Å². The summed E-state index contributed by atoms with van der Waals surface area (Å²) in [6.07, 6.45) is 0.318. The summed E-state index contributed by atoms with van der Waals surface area (Å²) in [7, 11) is 0. The Labute approximate surface area is 138 Å². The summed E-state index contributed by atoms with van der Waals surface area (Å²) in [6, 6.07) is 18.2. The molecule has 2 aromatic carbocycles. The first-order chi connectivity index (χ1) is 11.7. The third-order valence-corrected chi connectivity index (χ3v) is 3.38. The minimum absolute atomic E-state index is 0.167. The van der Waals surface area contributed by atoms with E-state index in [9.17, 15) is 4.79 Å². The Morgan fingerprint density at radius 1 is 1.12 bits per heavy atom. The van der Waals surface area contributed by atoms with Crippen molar-refractivity contribution in [2.45, 2.75) is 13.3 Å². The maximum atomic E-state index is 12.3. The Bertz CT molecular complexity index is 893. The minimum Gasteiger partial charge on any atom is -0.422 e. The molecule has 0 radical (unpaired) electrons. The molecule has 0 fully saturated rings. The van der Waals surface area contributed by atoms with Gasteiger partial charge in [0.15, 0.2) is 5.69 Å².